The van der Waals surface area contributed by atoms with Gasteiger partial charge in [0, 0.05) is 27.2 Å². The predicted octanol–water partition coefficient (Wildman–Crippen LogP) is 1.33. The summed E-state index contributed by atoms with van der Waals surface area (Å²) in [5, 5.41) is 0. The number of nitrogens with zero attached hydrogens (tertiary/aromatic N) is 2. The molecule has 0 bridgehead atoms. The van der Waals surface area contributed by atoms with Crippen molar-refractivity contribution in [2.24, 2.45) is 5.92 Å². The van der Waals surface area contributed by atoms with E-state index in [0.29, 0.717) is 32.5 Å². The molecule has 0 atom stereocenters. The highest BCUT2D eigenvalue weighted by Gasteiger charge is 2.28. The first-order chi connectivity index (χ1) is 8.06. The molecule has 1 rings (SSSR count). The Labute approximate surface area is 103 Å². The van der Waals surface area contributed by atoms with Crippen molar-refractivity contribution in [1.29, 1.82) is 0 Å². The van der Waals surface area contributed by atoms with Crippen molar-refractivity contribution in [1.82, 2.24) is 9.80 Å². The summed E-state index contributed by atoms with van der Waals surface area (Å²) in [6.45, 7) is 3.76. The lowest BCUT2D eigenvalue weighted by molar-refractivity contribution is -0.150. The van der Waals surface area contributed by atoms with Crippen LogP contribution in [0, 0.1) is 5.92 Å². The number of likely N-dealkylation sites (tertiary alicyclic amines) is 1. The highest BCUT2D eigenvalue weighted by Crippen LogP contribution is 2.19. The highest BCUT2D eigenvalue weighted by atomic mass is 16.5. The van der Waals surface area contributed by atoms with Gasteiger partial charge in [-0.05, 0) is 19.3 Å². The topological polar surface area (TPSA) is 49.9 Å². The summed E-state index contributed by atoms with van der Waals surface area (Å²) >= 11 is 0. The average molecular weight is 242 g/mol. The number of amides is 2. The SMILES string of the molecule is CCCOC(=O)C1CCN(C(=O)N(C)C)CC1. The largest absolute Gasteiger partial charge is 0.465 e. The van der Waals surface area contributed by atoms with E-state index in [-0.39, 0.29) is 17.9 Å². The number of ether oxygens (including phenoxy) is 1. The number of rotatable bonds is 3. The number of hydrogen-bond acceptors (Lipinski definition) is 3. The minimum Gasteiger partial charge on any atom is -0.465 e. The van der Waals surface area contributed by atoms with Crippen LogP contribution in [0.1, 0.15) is 26.2 Å². The molecule has 5 heteroatoms. The number of carbonyl (C=O) groups excluding carboxylic acids is 2. The molecule has 0 spiro atoms. The van der Waals surface area contributed by atoms with Gasteiger partial charge in [-0.2, -0.15) is 0 Å². The molecule has 0 radical (unpaired) electrons. The Morgan fingerprint density at radius 3 is 2.35 bits per heavy atom. The molecule has 2 amide bonds. The average Bonchev–Trinajstić information content (AvgIpc) is 2.35. The number of piperidine rings is 1. The second kappa shape index (κ2) is 6.47. The van der Waals surface area contributed by atoms with Crippen LogP contribution >= 0.6 is 0 Å². The Morgan fingerprint density at radius 2 is 1.88 bits per heavy atom. The second-order valence-electron chi connectivity index (χ2n) is 4.61. The third-order valence-corrected chi connectivity index (χ3v) is 2.93. The van der Waals surface area contributed by atoms with Crippen LogP contribution in [0.2, 0.25) is 0 Å². The summed E-state index contributed by atoms with van der Waals surface area (Å²) in [7, 11) is 3.48. The second-order valence-corrected chi connectivity index (χ2v) is 4.61. The number of hydrogen-bond donors (Lipinski definition) is 0. The predicted molar refractivity (Wildman–Crippen MR) is 64.6 cm³/mol. The fourth-order valence-electron chi connectivity index (χ4n) is 1.91. The van der Waals surface area contributed by atoms with Crippen LogP contribution in [0.25, 0.3) is 0 Å². The Kier molecular flexibility index (Phi) is 5.25. The normalized spacial score (nSPS) is 16.8. The van der Waals surface area contributed by atoms with E-state index in [2.05, 4.69) is 0 Å². The van der Waals surface area contributed by atoms with Gasteiger partial charge in [-0.25, -0.2) is 4.79 Å². The number of urea groups is 1. The molecule has 1 saturated heterocycles. The Hall–Kier alpha value is -1.26. The van der Waals surface area contributed by atoms with Gasteiger partial charge in [-0.3, -0.25) is 4.79 Å². The van der Waals surface area contributed by atoms with E-state index >= 15 is 0 Å². The molecule has 98 valence electrons. The molecule has 0 unspecified atom stereocenters. The number of carbonyl (C=O) groups is 2. The van der Waals surface area contributed by atoms with Crippen molar-refractivity contribution >= 4 is 12.0 Å². The molecule has 1 aliphatic rings. The van der Waals surface area contributed by atoms with Crippen molar-refractivity contribution in [3.63, 3.8) is 0 Å². The third-order valence-electron chi connectivity index (χ3n) is 2.93. The molecular weight excluding hydrogens is 220 g/mol. The minimum absolute atomic E-state index is 0.0189. The summed E-state index contributed by atoms with van der Waals surface area (Å²) in [4.78, 5) is 26.7. The number of esters is 1. The van der Waals surface area contributed by atoms with Gasteiger partial charge in [0.1, 0.15) is 0 Å². The standard InChI is InChI=1S/C12H22N2O3/c1-4-9-17-11(15)10-5-7-14(8-6-10)12(16)13(2)3/h10H,4-9H2,1-3H3. The van der Waals surface area contributed by atoms with Crippen LogP contribution in [-0.4, -0.2) is 55.6 Å². The van der Waals surface area contributed by atoms with E-state index in [0.717, 1.165) is 6.42 Å². The Morgan fingerprint density at radius 1 is 1.29 bits per heavy atom. The van der Waals surface area contributed by atoms with Crippen molar-refractivity contribution in [3.8, 4) is 0 Å². The lowest BCUT2D eigenvalue weighted by Crippen LogP contribution is -2.45. The van der Waals surface area contributed by atoms with Gasteiger partial charge < -0.3 is 14.5 Å². The van der Waals surface area contributed by atoms with Gasteiger partial charge in [0.2, 0.25) is 0 Å². The lowest BCUT2D eigenvalue weighted by atomic mass is 9.97. The van der Waals surface area contributed by atoms with Crippen LogP contribution in [0.15, 0.2) is 0 Å². The maximum absolute atomic E-state index is 11.7. The van der Waals surface area contributed by atoms with E-state index in [9.17, 15) is 9.59 Å². The summed E-state index contributed by atoms with van der Waals surface area (Å²) in [6, 6.07) is 0.0189. The molecule has 0 aromatic rings. The maximum atomic E-state index is 11.7. The minimum atomic E-state index is -0.108. The molecule has 0 aliphatic carbocycles. The molecule has 0 aromatic carbocycles. The summed E-state index contributed by atoms with van der Waals surface area (Å²) < 4.78 is 5.12. The monoisotopic (exact) mass is 242 g/mol. The summed E-state index contributed by atoms with van der Waals surface area (Å²) in [5.74, 6) is -0.142. The van der Waals surface area contributed by atoms with Crippen LogP contribution in [-0.2, 0) is 9.53 Å². The summed E-state index contributed by atoms with van der Waals surface area (Å²) in [5.41, 5.74) is 0. The van der Waals surface area contributed by atoms with Crippen LogP contribution in [0.3, 0.4) is 0 Å². The van der Waals surface area contributed by atoms with Crippen LogP contribution < -0.4 is 0 Å². The zero-order chi connectivity index (χ0) is 12.8. The molecular formula is C12H22N2O3. The van der Waals surface area contributed by atoms with Crippen molar-refractivity contribution in [3.05, 3.63) is 0 Å². The van der Waals surface area contributed by atoms with Crippen LogP contribution in [0.5, 0.6) is 0 Å². The highest BCUT2D eigenvalue weighted by molar-refractivity contribution is 5.75. The molecule has 17 heavy (non-hydrogen) atoms. The fraction of sp³-hybridized carbons (Fsp3) is 0.833. The first-order valence-electron chi connectivity index (χ1n) is 6.19. The van der Waals surface area contributed by atoms with Gasteiger partial charge in [-0.1, -0.05) is 6.92 Å². The first kappa shape index (κ1) is 13.8. The van der Waals surface area contributed by atoms with Gasteiger partial charge in [-0.15, -0.1) is 0 Å². The molecule has 1 fully saturated rings. The zero-order valence-electron chi connectivity index (χ0n) is 10.9. The van der Waals surface area contributed by atoms with E-state index in [4.69, 9.17) is 4.74 Å². The van der Waals surface area contributed by atoms with Crippen molar-refractivity contribution in [2.75, 3.05) is 33.8 Å². The first-order valence-corrected chi connectivity index (χ1v) is 6.19. The molecule has 0 aromatic heterocycles. The Bertz CT molecular complexity index is 271. The lowest BCUT2D eigenvalue weighted by Gasteiger charge is -2.32. The van der Waals surface area contributed by atoms with Gasteiger partial charge in [0.05, 0.1) is 12.5 Å². The van der Waals surface area contributed by atoms with Gasteiger partial charge in [0.25, 0.3) is 0 Å². The van der Waals surface area contributed by atoms with Gasteiger partial charge >= 0.3 is 12.0 Å². The fourth-order valence-corrected chi connectivity index (χ4v) is 1.91. The zero-order valence-corrected chi connectivity index (χ0v) is 10.9. The van der Waals surface area contributed by atoms with E-state index < -0.39 is 0 Å². The van der Waals surface area contributed by atoms with E-state index in [1.54, 1.807) is 23.9 Å². The van der Waals surface area contributed by atoms with Crippen molar-refractivity contribution < 1.29 is 14.3 Å². The smallest absolute Gasteiger partial charge is 0.319 e. The molecule has 0 N–H and O–H groups in total. The molecule has 5 nitrogen and oxygen atoms in total. The molecule has 0 saturated carbocycles. The van der Waals surface area contributed by atoms with Crippen LogP contribution in [0.4, 0.5) is 4.79 Å². The molecule has 1 heterocycles. The van der Waals surface area contributed by atoms with E-state index in [1.165, 1.54) is 0 Å². The van der Waals surface area contributed by atoms with Gasteiger partial charge in [0.15, 0.2) is 0 Å². The third kappa shape index (κ3) is 3.91. The van der Waals surface area contributed by atoms with E-state index in [1.807, 2.05) is 6.92 Å². The Balaban J connectivity index is 2.35. The summed E-state index contributed by atoms with van der Waals surface area (Å²) in [6.07, 6.45) is 2.27. The molecule has 1 aliphatic heterocycles. The quantitative estimate of drug-likeness (QED) is 0.702. The van der Waals surface area contributed by atoms with Crippen molar-refractivity contribution in [2.45, 2.75) is 26.2 Å². The maximum Gasteiger partial charge on any atom is 0.319 e.